The molecule has 1 aromatic carbocycles. The summed E-state index contributed by atoms with van der Waals surface area (Å²) in [6.07, 6.45) is 6.42. The highest BCUT2D eigenvalue weighted by Crippen LogP contribution is 2.38. The number of sulfone groups is 1. The van der Waals surface area contributed by atoms with Crippen LogP contribution in [0.5, 0.6) is 0 Å². The standard InChI is InChI=1S/C26H28FN3O5S2/c27-18-3-1-16(2-4-18)13-19-15-29-26(36-19)30-24(31)21(14-17-8-11-35-12-9-17)23-22(7-10-28-25(23)32)37(33,34)20-5-6-20/h1-4,7,10,15,17,20-21H,5-6,8-9,11-14H2,(H,28,32)(H,29,30,31). The summed E-state index contributed by atoms with van der Waals surface area (Å²) in [7, 11) is -3.71. The lowest BCUT2D eigenvalue weighted by Gasteiger charge is -2.26. The van der Waals surface area contributed by atoms with E-state index in [1.54, 1.807) is 18.3 Å². The van der Waals surface area contributed by atoms with Crippen LogP contribution in [0.25, 0.3) is 0 Å². The Labute approximate surface area is 218 Å². The number of hydrogen-bond donors (Lipinski definition) is 2. The Morgan fingerprint density at radius 1 is 1.16 bits per heavy atom. The third kappa shape index (κ3) is 6.00. The highest BCUT2D eigenvalue weighted by atomic mass is 32.2. The molecular weight excluding hydrogens is 517 g/mol. The zero-order valence-corrected chi connectivity index (χ0v) is 21.7. The number of thiazole rings is 1. The molecule has 37 heavy (non-hydrogen) atoms. The van der Waals surface area contributed by atoms with Crippen molar-refractivity contribution in [3.63, 3.8) is 0 Å². The number of ether oxygens (including phenoxy) is 1. The van der Waals surface area contributed by atoms with Crippen LogP contribution >= 0.6 is 11.3 Å². The second kappa shape index (κ2) is 10.8. The number of pyridine rings is 1. The number of nitrogens with one attached hydrogen (secondary N) is 2. The van der Waals surface area contributed by atoms with Crippen LogP contribution in [-0.2, 0) is 25.8 Å². The van der Waals surface area contributed by atoms with E-state index in [0.717, 1.165) is 23.3 Å². The number of hydrogen-bond acceptors (Lipinski definition) is 7. The van der Waals surface area contributed by atoms with Crippen LogP contribution in [0.1, 0.15) is 54.0 Å². The lowest BCUT2D eigenvalue weighted by atomic mass is 9.85. The summed E-state index contributed by atoms with van der Waals surface area (Å²) in [5.41, 5.74) is 0.345. The highest BCUT2D eigenvalue weighted by molar-refractivity contribution is 7.92. The Morgan fingerprint density at radius 2 is 1.89 bits per heavy atom. The fraction of sp³-hybridized carbons (Fsp3) is 0.423. The zero-order chi connectivity index (χ0) is 26.0. The summed E-state index contributed by atoms with van der Waals surface area (Å²) >= 11 is 1.29. The van der Waals surface area contributed by atoms with Gasteiger partial charge in [0.25, 0.3) is 5.56 Å². The van der Waals surface area contributed by atoms with Crippen molar-refractivity contribution in [3.8, 4) is 0 Å². The predicted molar refractivity (Wildman–Crippen MR) is 138 cm³/mol. The lowest BCUT2D eigenvalue weighted by Crippen LogP contribution is -2.32. The Bertz CT molecular complexity index is 1420. The van der Waals surface area contributed by atoms with E-state index in [4.69, 9.17) is 4.74 Å². The number of halogens is 1. The van der Waals surface area contributed by atoms with Crippen LogP contribution in [0, 0.1) is 11.7 Å². The van der Waals surface area contributed by atoms with Gasteiger partial charge in [-0.2, -0.15) is 0 Å². The molecule has 3 heterocycles. The number of anilines is 1. The maximum Gasteiger partial charge on any atom is 0.253 e. The molecule has 1 aliphatic heterocycles. The minimum absolute atomic E-state index is 0.00137. The molecule has 2 N–H and O–H groups in total. The molecule has 1 unspecified atom stereocenters. The minimum atomic E-state index is -3.71. The van der Waals surface area contributed by atoms with Gasteiger partial charge in [0.1, 0.15) is 5.82 Å². The number of nitrogens with zero attached hydrogens (tertiary/aromatic N) is 1. The van der Waals surface area contributed by atoms with E-state index >= 15 is 0 Å². The zero-order valence-electron chi connectivity index (χ0n) is 20.1. The molecule has 0 spiro atoms. The molecule has 2 aliphatic rings. The number of aromatic nitrogens is 2. The van der Waals surface area contributed by atoms with Gasteiger partial charge in [-0.05, 0) is 61.8 Å². The van der Waals surface area contributed by atoms with Crippen LogP contribution in [-0.4, -0.2) is 42.8 Å². The number of aromatic amines is 1. The largest absolute Gasteiger partial charge is 0.381 e. The van der Waals surface area contributed by atoms with Crippen LogP contribution in [0.2, 0.25) is 0 Å². The summed E-state index contributed by atoms with van der Waals surface area (Å²) in [5.74, 6) is -1.61. The van der Waals surface area contributed by atoms with E-state index in [1.807, 2.05) is 0 Å². The first-order chi connectivity index (χ1) is 17.8. The topological polar surface area (TPSA) is 118 Å². The second-order valence-corrected chi connectivity index (χ2v) is 12.9. The molecule has 5 rings (SSSR count). The van der Waals surface area contributed by atoms with Gasteiger partial charge in [0, 0.05) is 42.5 Å². The quantitative estimate of drug-likeness (QED) is 0.419. The number of benzene rings is 1. The SMILES string of the molecule is O=C(Nc1ncc(Cc2ccc(F)cc2)s1)C(CC1CCOCC1)c1c(S(=O)(=O)C2CC2)cc[nH]c1=O. The molecule has 1 saturated heterocycles. The number of carbonyl (C=O) groups is 1. The van der Waals surface area contributed by atoms with E-state index in [2.05, 4.69) is 15.3 Å². The number of H-pyrrole nitrogens is 1. The van der Waals surface area contributed by atoms with E-state index in [0.29, 0.717) is 44.0 Å². The number of amides is 1. The van der Waals surface area contributed by atoms with Crippen molar-refractivity contribution in [2.45, 2.75) is 54.6 Å². The smallest absolute Gasteiger partial charge is 0.253 e. The van der Waals surface area contributed by atoms with Crippen LogP contribution in [0.15, 0.2) is 52.4 Å². The molecule has 1 aliphatic carbocycles. The van der Waals surface area contributed by atoms with E-state index in [9.17, 15) is 22.4 Å². The second-order valence-electron chi connectivity index (χ2n) is 9.60. The molecule has 1 saturated carbocycles. The molecule has 2 aromatic heterocycles. The summed E-state index contributed by atoms with van der Waals surface area (Å²) in [5, 5.41) is 2.68. The fourth-order valence-corrected chi connectivity index (χ4v) is 7.49. The van der Waals surface area contributed by atoms with Crippen molar-refractivity contribution in [1.82, 2.24) is 9.97 Å². The molecule has 3 aromatic rings. The summed E-state index contributed by atoms with van der Waals surface area (Å²) in [6.45, 7) is 1.13. The third-order valence-electron chi connectivity index (χ3n) is 6.88. The van der Waals surface area contributed by atoms with E-state index < -0.39 is 32.5 Å². The molecule has 1 atom stereocenters. The maximum atomic E-state index is 13.6. The molecular formula is C26H28FN3O5S2. The monoisotopic (exact) mass is 545 g/mol. The minimum Gasteiger partial charge on any atom is -0.381 e. The molecule has 1 amide bonds. The van der Waals surface area contributed by atoms with Crippen molar-refractivity contribution in [2.24, 2.45) is 5.92 Å². The van der Waals surface area contributed by atoms with Crippen molar-refractivity contribution in [3.05, 3.63) is 74.9 Å². The van der Waals surface area contributed by atoms with Crippen LogP contribution in [0.3, 0.4) is 0 Å². The Hall–Kier alpha value is -2.89. The van der Waals surface area contributed by atoms with Gasteiger partial charge in [-0.15, -0.1) is 11.3 Å². The Morgan fingerprint density at radius 3 is 2.59 bits per heavy atom. The molecule has 8 nitrogen and oxygen atoms in total. The van der Waals surface area contributed by atoms with E-state index in [1.165, 1.54) is 35.7 Å². The normalized spacial score (nSPS) is 17.4. The molecule has 11 heteroatoms. The molecule has 196 valence electrons. The summed E-state index contributed by atoms with van der Waals surface area (Å²) in [4.78, 5) is 34.4. The van der Waals surface area contributed by atoms with Gasteiger partial charge < -0.3 is 15.0 Å². The first-order valence-corrected chi connectivity index (χ1v) is 14.7. The molecule has 0 radical (unpaired) electrons. The van der Waals surface area contributed by atoms with Gasteiger partial charge in [0.2, 0.25) is 5.91 Å². The Balaban J connectivity index is 1.42. The van der Waals surface area contributed by atoms with E-state index in [-0.39, 0.29) is 22.2 Å². The predicted octanol–water partition coefficient (Wildman–Crippen LogP) is 4.04. The van der Waals surface area contributed by atoms with Gasteiger partial charge in [0.05, 0.1) is 16.1 Å². The van der Waals surface area contributed by atoms with Gasteiger partial charge in [-0.25, -0.2) is 17.8 Å². The van der Waals surface area contributed by atoms with Gasteiger partial charge in [-0.3, -0.25) is 9.59 Å². The lowest BCUT2D eigenvalue weighted by molar-refractivity contribution is -0.118. The van der Waals surface area contributed by atoms with Crippen molar-refractivity contribution in [1.29, 1.82) is 0 Å². The summed E-state index contributed by atoms with van der Waals surface area (Å²) < 4.78 is 45.1. The van der Waals surface area contributed by atoms with Gasteiger partial charge >= 0.3 is 0 Å². The number of rotatable bonds is 9. The molecule has 0 bridgehead atoms. The van der Waals surface area contributed by atoms with Crippen molar-refractivity contribution < 1.29 is 22.3 Å². The maximum absolute atomic E-state index is 13.6. The van der Waals surface area contributed by atoms with Crippen LogP contribution < -0.4 is 10.9 Å². The third-order valence-corrected chi connectivity index (χ3v) is 10.1. The highest BCUT2D eigenvalue weighted by Gasteiger charge is 2.41. The van der Waals surface area contributed by atoms with Gasteiger partial charge in [-0.1, -0.05) is 12.1 Å². The van der Waals surface area contributed by atoms with Crippen molar-refractivity contribution in [2.75, 3.05) is 18.5 Å². The first kappa shape index (κ1) is 25.7. The van der Waals surface area contributed by atoms with Gasteiger partial charge in [0.15, 0.2) is 15.0 Å². The molecule has 2 fully saturated rings. The Kier molecular flexibility index (Phi) is 7.55. The first-order valence-electron chi connectivity index (χ1n) is 12.3. The number of carbonyl (C=O) groups excluding carboxylic acids is 1. The van der Waals surface area contributed by atoms with Crippen molar-refractivity contribution >= 4 is 32.2 Å². The van der Waals surface area contributed by atoms with Crippen LogP contribution in [0.4, 0.5) is 9.52 Å². The fourth-order valence-electron chi connectivity index (χ4n) is 4.72. The average Bonchev–Trinajstić information content (AvgIpc) is 3.67. The average molecular weight is 546 g/mol. The summed E-state index contributed by atoms with van der Waals surface area (Å²) in [6, 6.07) is 7.58.